The van der Waals surface area contributed by atoms with Crippen molar-refractivity contribution in [3.63, 3.8) is 0 Å². The summed E-state index contributed by atoms with van der Waals surface area (Å²) in [7, 11) is 0. The summed E-state index contributed by atoms with van der Waals surface area (Å²) in [6.07, 6.45) is 6.65. The molecule has 1 aliphatic heterocycles. The van der Waals surface area contributed by atoms with E-state index in [1.165, 1.54) is 31.7 Å². The van der Waals surface area contributed by atoms with Gasteiger partial charge in [-0.3, -0.25) is 9.69 Å². The summed E-state index contributed by atoms with van der Waals surface area (Å²) >= 11 is 0. The molecule has 110 valence electrons. The predicted octanol–water partition coefficient (Wildman–Crippen LogP) is 0.366. The highest BCUT2D eigenvalue weighted by Crippen LogP contribution is 2.11. The van der Waals surface area contributed by atoms with Crippen LogP contribution in [0.25, 0.3) is 0 Å². The number of nitrogens with one attached hydrogen (secondary N) is 2. The molecule has 7 heteroatoms. The van der Waals surface area contributed by atoms with Gasteiger partial charge in [-0.2, -0.15) is 0 Å². The van der Waals surface area contributed by atoms with E-state index in [4.69, 9.17) is 5.84 Å². The van der Waals surface area contributed by atoms with Crippen molar-refractivity contribution < 1.29 is 4.79 Å². The lowest BCUT2D eigenvalue weighted by Crippen LogP contribution is -2.44. The smallest absolute Gasteiger partial charge is 0.271 e. The van der Waals surface area contributed by atoms with Crippen LogP contribution >= 0.6 is 0 Å². The quantitative estimate of drug-likeness (QED) is 0.532. The number of nitrogens with two attached hydrogens (primary N) is 1. The van der Waals surface area contributed by atoms with Gasteiger partial charge >= 0.3 is 0 Å². The maximum Gasteiger partial charge on any atom is 0.271 e. The van der Waals surface area contributed by atoms with Crippen LogP contribution in [0.4, 0.5) is 5.82 Å². The van der Waals surface area contributed by atoms with Crippen LogP contribution in [0.3, 0.4) is 0 Å². The van der Waals surface area contributed by atoms with Crippen LogP contribution in [-0.4, -0.2) is 46.5 Å². The third kappa shape index (κ3) is 3.88. The average molecular weight is 278 g/mol. The lowest BCUT2D eigenvalue weighted by atomic mass is 10.1. The molecule has 2 heterocycles. The van der Waals surface area contributed by atoms with Gasteiger partial charge in [-0.05, 0) is 32.9 Å². The Morgan fingerprint density at radius 1 is 1.35 bits per heavy atom. The molecular weight excluding hydrogens is 256 g/mol. The summed E-state index contributed by atoms with van der Waals surface area (Å²) in [6.45, 7) is 5.00. The molecule has 1 aromatic heterocycles. The highest BCUT2D eigenvalue weighted by atomic mass is 16.1. The second kappa shape index (κ2) is 7.16. The number of likely N-dealkylation sites (tertiary alicyclic amines) is 1. The third-order valence-corrected chi connectivity index (χ3v) is 3.60. The van der Waals surface area contributed by atoms with Crippen LogP contribution in [0, 0.1) is 0 Å². The number of hydrazine groups is 1. The van der Waals surface area contributed by atoms with Crippen LogP contribution in [0.1, 0.15) is 36.7 Å². The summed E-state index contributed by atoms with van der Waals surface area (Å²) in [4.78, 5) is 22.3. The number of carbonyl (C=O) groups is 1. The normalized spacial score (nSPS) is 17.5. The van der Waals surface area contributed by atoms with Crippen LogP contribution < -0.4 is 16.6 Å². The predicted molar refractivity (Wildman–Crippen MR) is 77.1 cm³/mol. The number of nitrogens with zero attached hydrogens (tertiary/aromatic N) is 3. The molecule has 7 nitrogen and oxygen atoms in total. The highest BCUT2D eigenvalue weighted by Gasteiger charge is 2.17. The van der Waals surface area contributed by atoms with Gasteiger partial charge in [0.25, 0.3) is 5.91 Å². The van der Waals surface area contributed by atoms with Gasteiger partial charge in [-0.1, -0.05) is 6.42 Å². The fourth-order valence-electron chi connectivity index (χ4n) is 2.34. The fraction of sp³-hybridized carbons (Fsp3) is 0.615. The number of anilines is 1. The van der Waals surface area contributed by atoms with E-state index >= 15 is 0 Å². The Labute approximate surface area is 118 Å². The molecule has 0 spiro atoms. The molecule has 4 N–H and O–H groups in total. The highest BCUT2D eigenvalue weighted by molar-refractivity contribution is 5.92. The Bertz CT molecular complexity index is 429. The molecule has 20 heavy (non-hydrogen) atoms. The topological polar surface area (TPSA) is 96.2 Å². The zero-order chi connectivity index (χ0) is 14.4. The molecule has 1 unspecified atom stereocenters. The first kappa shape index (κ1) is 14.7. The maximum atomic E-state index is 11.9. The minimum atomic E-state index is -0.204. The van der Waals surface area contributed by atoms with Gasteiger partial charge in [0.2, 0.25) is 0 Å². The first-order valence-corrected chi connectivity index (χ1v) is 7.01. The first-order valence-electron chi connectivity index (χ1n) is 7.01. The Morgan fingerprint density at radius 3 is 2.70 bits per heavy atom. The van der Waals surface area contributed by atoms with Crippen molar-refractivity contribution in [1.29, 1.82) is 0 Å². The van der Waals surface area contributed by atoms with Gasteiger partial charge in [0.15, 0.2) is 5.82 Å². The molecule has 0 radical (unpaired) electrons. The number of carbonyl (C=O) groups excluding carboxylic acids is 1. The number of aromatic nitrogens is 2. The van der Waals surface area contributed by atoms with Gasteiger partial charge in [0, 0.05) is 12.6 Å². The van der Waals surface area contributed by atoms with E-state index in [2.05, 4.69) is 32.5 Å². The van der Waals surface area contributed by atoms with E-state index in [1.54, 1.807) is 0 Å². The van der Waals surface area contributed by atoms with Crippen LogP contribution in [0.2, 0.25) is 0 Å². The summed E-state index contributed by atoms with van der Waals surface area (Å²) in [5, 5.41) is 2.90. The zero-order valence-corrected chi connectivity index (χ0v) is 11.8. The van der Waals surface area contributed by atoms with Gasteiger partial charge < -0.3 is 10.7 Å². The van der Waals surface area contributed by atoms with Crippen molar-refractivity contribution >= 4 is 11.7 Å². The standard InChI is InChI=1S/C13H22N6O/c1-10(19-5-3-2-4-6-19)7-17-13(20)11-8-16-12(18-14)9-15-11/h8-10H,2-7,14H2,1H3,(H,16,18)(H,17,20). The minimum absolute atomic E-state index is 0.204. The number of hydrogen-bond acceptors (Lipinski definition) is 6. The van der Waals surface area contributed by atoms with Crippen LogP contribution in [0.5, 0.6) is 0 Å². The number of nitrogen functional groups attached to an aromatic ring is 1. The molecule has 1 aromatic rings. The largest absolute Gasteiger partial charge is 0.349 e. The van der Waals surface area contributed by atoms with Crippen molar-refractivity contribution in [3.8, 4) is 0 Å². The number of piperidine rings is 1. The molecular formula is C13H22N6O. The molecule has 1 aliphatic rings. The van der Waals surface area contributed by atoms with Crippen molar-refractivity contribution in [3.05, 3.63) is 18.1 Å². The Balaban J connectivity index is 1.81. The van der Waals surface area contributed by atoms with E-state index in [0.29, 0.717) is 24.1 Å². The van der Waals surface area contributed by atoms with Crippen molar-refractivity contribution in [2.24, 2.45) is 5.84 Å². The number of amides is 1. The number of rotatable bonds is 5. The summed E-state index contributed by atoms with van der Waals surface area (Å²) in [6, 6.07) is 0.345. The van der Waals surface area contributed by atoms with E-state index in [0.717, 1.165) is 13.1 Å². The maximum absolute atomic E-state index is 11.9. The Hall–Kier alpha value is -1.73. The molecule has 0 aromatic carbocycles. The Morgan fingerprint density at radius 2 is 2.10 bits per heavy atom. The van der Waals surface area contributed by atoms with E-state index < -0.39 is 0 Å². The molecule has 1 fully saturated rings. The lowest BCUT2D eigenvalue weighted by Gasteiger charge is -2.32. The van der Waals surface area contributed by atoms with E-state index in [1.807, 2.05) is 0 Å². The van der Waals surface area contributed by atoms with Crippen molar-refractivity contribution in [1.82, 2.24) is 20.2 Å². The van der Waals surface area contributed by atoms with E-state index in [9.17, 15) is 4.79 Å². The SMILES string of the molecule is CC(CNC(=O)c1cnc(NN)cn1)N1CCCCC1. The monoisotopic (exact) mass is 278 g/mol. The molecule has 1 amide bonds. The molecule has 0 aliphatic carbocycles. The van der Waals surface area contributed by atoms with Crippen molar-refractivity contribution in [2.45, 2.75) is 32.2 Å². The van der Waals surface area contributed by atoms with Crippen LogP contribution in [0.15, 0.2) is 12.4 Å². The van der Waals surface area contributed by atoms with Gasteiger partial charge in [0.05, 0.1) is 12.4 Å². The average Bonchev–Trinajstić information content (AvgIpc) is 2.53. The lowest BCUT2D eigenvalue weighted by molar-refractivity contribution is 0.0924. The summed E-state index contributed by atoms with van der Waals surface area (Å²) in [5.74, 6) is 5.43. The number of hydrogen-bond donors (Lipinski definition) is 3. The van der Waals surface area contributed by atoms with E-state index in [-0.39, 0.29) is 5.91 Å². The minimum Gasteiger partial charge on any atom is -0.349 e. The summed E-state index contributed by atoms with van der Waals surface area (Å²) in [5.41, 5.74) is 2.68. The van der Waals surface area contributed by atoms with Crippen LogP contribution in [-0.2, 0) is 0 Å². The zero-order valence-electron chi connectivity index (χ0n) is 11.8. The second-order valence-electron chi connectivity index (χ2n) is 5.09. The molecule has 2 rings (SSSR count). The fourth-order valence-corrected chi connectivity index (χ4v) is 2.34. The Kier molecular flexibility index (Phi) is 5.25. The van der Waals surface area contributed by atoms with Gasteiger partial charge in [-0.15, -0.1) is 0 Å². The summed E-state index contributed by atoms with van der Waals surface area (Å²) < 4.78 is 0. The van der Waals surface area contributed by atoms with Crippen molar-refractivity contribution in [2.75, 3.05) is 25.1 Å². The molecule has 1 saturated heterocycles. The van der Waals surface area contributed by atoms with Gasteiger partial charge in [0.1, 0.15) is 5.69 Å². The molecule has 0 bridgehead atoms. The van der Waals surface area contributed by atoms with Gasteiger partial charge in [-0.25, -0.2) is 15.8 Å². The second-order valence-corrected chi connectivity index (χ2v) is 5.09. The molecule has 1 atom stereocenters. The third-order valence-electron chi connectivity index (χ3n) is 3.60. The first-order chi connectivity index (χ1) is 9.70. The molecule has 0 saturated carbocycles.